The molecule has 2 atom stereocenters. The minimum Gasteiger partial charge on any atom is -0.452 e. The molecule has 0 unspecified atom stereocenters. The minimum atomic E-state index is -0.672. The van der Waals surface area contributed by atoms with Crippen molar-refractivity contribution >= 4 is 51.0 Å². The van der Waals surface area contributed by atoms with E-state index in [1.165, 1.54) is 17.0 Å². The third-order valence-electron chi connectivity index (χ3n) is 5.33. The van der Waals surface area contributed by atoms with E-state index < -0.39 is 18.5 Å². The van der Waals surface area contributed by atoms with Crippen molar-refractivity contribution in [2.75, 3.05) is 16.8 Å². The summed E-state index contributed by atoms with van der Waals surface area (Å²) >= 11 is 3.31. The molecule has 158 valence electrons. The number of nitrogens with one attached hydrogen (secondary N) is 1. The normalized spacial score (nSPS) is 19.8. The molecule has 4 rings (SSSR count). The van der Waals surface area contributed by atoms with Gasteiger partial charge in [-0.15, -0.1) is 0 Å². The van der Waals surface area contributed by atoms with Crippen LogP contribution in [0.3, 0.4) is 0 Å². The van der Waals surface area contributed by atoms with Gasteiger partial charge in [-0.2, -0.15) is 0 Å². The highest BCUT2D eigenvalue weighted by Gasteiger charge is 2.47. The van der Waals surface area contributed by atoms with Crippen LogP contribution in [0.1, 0.15) is 23.2 Å². The number of nitrogens with zero attached hydrogens (tertiary/aromatic N) is 1. The van der Waals surface area contributed by atoms with E-state index in [2.05, 4.69) is 21.2 Å². The summed E-state index contributed by atoms with van der Waals surface area (Å²) in [6, 6.07) is 13.0. The SMILES string of the molecule is O=C(COC(=O)c1ccc(N2C(=O)[C@@H]3CC=CC[C@H]3C2=O)cc1)Nc1ccc(Br)cc1. The van der Waals surface area contributed by atoms with Crippen LogP contribution < -0.4 is 10.2 Å². The lowest BCUT2D eigenvalue weighted by molar-refractivity contribution is -0.122. The Hall–Kier alpha value is -3.26. The molecule has 8 heteroatoms. The molecule has 1 heterocycles. The number of allylic oxidation sites excluding steroid dienone is 2. The summed E-state index contributed by atoms with van der Waals surface area (Å²) in [7, 11) is 0. The third kappa shape index (κ3) is 4.44. The van der Waals surface area contributed by atoms with Gasteiger partial charge in [0.05, 0.1) is 23.1 Å². The van der Waals surface area contributed by atoms with E-state index in [9.17, 15) is 19.2 Å². The number of amides is 3. The summed E-state index contributed by atoms with van der Waals surface area (Å²) in [6.45, 7) is -0.434. The Kier molecular flexibility index (Phi) is 5.99. The maximum Gasteiger partial charge on any atom is 0.338 e. The number of halogens is 1. The summed E-state index contributed by atoms with van der Waals surface area (Å²) in [5, 5.41) is 2.63. The van der Waals surface area contributed by atoms with Crippen molar-refractivity contribution < 1.29 is 23.9 Å². The fourth-order valence-corrected chi connectivity index (χ4v) is 4.01. The molecule has 0 aromatic heterocycles. The highest BCUT2D eigenvalue weighted by atomic mass is 79.9. The highest BCUT2D eigenvalue weighted by molar-refractivity contribution is 9.10. The first-order valence-corrected chi connectivity index (χ1v) is 10.6. The number of carbonyl (C=O) groups is 4. The van der Waals surface area contributed by atoms with Crippen LogP contribution in [0, 0.1) is 11.8 Å². The van der Waals surface area contributed by atoms with E-state index >= 15 is 0 Å². The molecule has 31 heavy (non-hydrogen) atoms. The Labute approximate surface area is 187 Å². The van der Waals surface area contributed by atoms with Crippen molar-refractivity contribution in [2.24, 2.45) is 11.8 Å². The second-order valence-corrected chi connectivity index (χ2v) is 8.26. The van der Waals surface area contributed by atoms with Gasteiger partial charge in [-0.3, -0.25) is 19.3 Å². The number of benzene rings is 2. The fourth-order valence-electron chi connectivity index (χ4n) is 3.75. The van der Waals surface area contributed by atoms with Crippen LogP contribution in [0.4, 0.5) is 11.4 Å². The van der Waals surface area contributed by atoms with Gasteiger partial charge in [0.15, 0.2) is 6.61 Å². The van der Waals surface area contributed by atoms with Gasteiger partial charge >= 0.3 is 5.97 Å². The molecule has 3 amide bonds. The minimum absolute atomic E-state index is 0.209. The zero-order valence-corrected chi connectivity index (χ0v) is 18.0. The van der Waals surface area contributed by atoms with Gasteiger partial charge in [-0.25, -0.2) is 4.79 Å². The van der Waals surface area contributed by atoms with Gasteiger partial charge < -0.3 is 10.1 Å². The third-order valence-corrected chi connectivity index (χ3v) is 5.86. The molecule has 1 aliphatic heterocycles. The van der Waals surface area contributed by atoms with Crippen molar-refractivity contribution in [3.8, 4) is 0 Å². The molecule has 2 aromatic rings. The lowest BCUT2D eigenvalue weighted by Crippen LogP contribution is -2.30. The quantitative estimate of drug-likeness (QED) is 0.398. The number of rotatable bonds is 5. The summed E-state index contributed by atoms with van der Waals surface area (Å²) < 4.78 is 5.94. The lowest BCUT2D eigenvalue weighted by Gasteiger charge is -2.15. The zero-order chi connectivity index (χ0) is 22.0. The Morgan fingerprint density at radius 2 is 1.52 bits per heavy atom. The molecule has 0 saturated carbocycles. The average molecular weight is 483 g/mol. The molecule has 1 saturated heterocycles. The molecule has 7 nitrogen and oxygen atoms in total. The van der Waals surface area contributed by atoms with Crippen LogP contribution in [0.5, 0.6) is 0 Å². The maximum absolute atomic E-state index is 12.6. The predicted molar refractivity (Wildman–Crippen MR) is 117 cm³/mol. The Morgan fingerprint density at radius 1 is 0.935 bits per heavy atom. The van der Waals surface area contributed by atoms with Crippen LogP contribution in [0.15, 0.2) is 65.2 Å². The Bertz CT molecular complexity index is 1040. The topological polar surface area (TPSA) is 92.8 Å². The first kappa shape index (κ1) is 21.0. The van der Waals surface area contributed by atoms with Gasteiger partial charge in [-0.05, 0) is 61.4 Å². The fraction of sp³-hybridized carbons (Fsp3) is 0.217. The Morgan fingerprint density at radius 3 is 2.10 bits per heavy atom. The van der Waals surface area contributed by atoms with Crippen LogP contribution >= 0.6 is 15.9 Å². The van der Waals surface area contributed by atoms with E-state index in [-0.39, 0.29) is 29.2 Å². The number of carbonyl (C=O) groups excluding carboxylic acids is 4. The predicted octanol–water partition coefficient (Wildman–Crippen LogP) is 3.70. The molecule has 1 aliphatic carbocycles. The molecule has 0 radical (unpaired) electrons. The molecular weight excluding hydrogens is 464 g/mol. The number of ether oxygens (including phenoxy) is 1. The van der Waals surface area contributed by atoms with Crippen molar-refractivity contribution in [1.82, 2.24) is 0 Å². The smallest absolute Gasteiger partial charge is 0.338 e. The van der Waals surface area contributed by atoms with E-state index in [4.69, 9.17) is 4.74 Å². The second kappa shape index (κ2) is 8.85. The van der Waals surface area contributed by atoms with E-state index in [1.54, 1.807) is 36.4 Å². The number of esters is 1. The number of imide groups is 1. The molecular formula is C23H19BrN2O5. The maximum atomic E-state index is 12.6. The first-order valence-electron chi connectivity index (χ1n) is 9.79. The number of hydrogen-bond donors (Lipinski definition) is 1. The first-order chi connectivity index (χ1) is 14.9. The Balaban J connectivity index is 1.35. The summed E-state index contributed by atoms with van der Waals surface area (Å²) in [5.74, 6) is -2.18. The lowest BCUT2D eigenvalue weighted by atomic mass is 9.85. The zero-order valence-electron chi connectivity index (χ0n) is 16.4. The molecule has 2 aliphatic rings. The highest BCUT2D eigenvalue weighted by Crippen LogP contribution is 2.37. The molecule has 1 N–H and O–H groups in total. The summed E-state index contributed by atoms with van der Waals surface area (Å²) in [6.07, 6.45) is 5.00. The van der Waals surface area contributed by atoms with Crippen molar-refractivity contribution in [2.45, 2.75) is 12.8 Å². The standard InChI is InChI=1S/C23H19BrN2O5/c24-15-7-9-16(10-8-15)25-20(27)13-31-23(30)14-5-11-17(12-6-14)26-21(28)18-3-1-2-4-19(18)22(26)29/h1-2,5-12,18-19H,3-4,13H2,(H,25,27)/t18-,19-/m1/s1. The monoisotopic (exact) mass is 482 g/mol. The molecule has 1 fully saturated rings. The molecule has 0 spiro atoms. The number of hydrogen-bond acceptors (Lipinski definition) is 5. The second-order valence-electron chi connectivity index (χ2n) is 7.35. The largest absolute Gasteiger partial charge is 0.452 e. The van der Waals surface area contributed by atoms with Crippen molar-refractivity contribution in [3.05, 3.63) is 70.7 Å². The van der Waals surface area contributed by atoms with Crippen LogP contribution in [0.2, 0.25) is 0 Å². The number of anilines is 2. The van der Waals surface area contributed by atoms with Crippen LogP contribution in [-0.4, -0.2) is 30.3 Å². The van der Waals surface area contributed by atoms with E-state index in [0.717, 1.165) is 4.47 Å². The number of fused-ring (bicyclic) bond motifs is 1. The van der Waals surface area contributed by atoms with E-state index in [0.29, 0.717) is 24.2 Å². The van der Waals surface area contributed by atoms with Crippen LogP contribution in [-0.2, 0) is 19.1 Å². The van der Waals surface area contributed by atoms with Gasteiger partial charge in [0.1, 0.15) is 0 Å². The summed E-state index contributed by atoms with van der Waals surface area (Å²) in [5.41, 5.74) is 1.23. The van der Waals surface area contributed by atoms with Crippen molar-refractivity contribution in [1.29, 1.82) is 0 Å². The van der Waals surface area contributed by atoms with Crippen LogP contribution in [0.25, 0.3) is 0 Å². The average Bonchev–Trinajstić information content (AvgIpc) is 3.04. The van der Waals surface area contributed by atoms with Crippen molar-refractivity contribution in [3.63, 3.8) is 0 Å². The molecule has 0 bridgehead atoms. The van der Waals surface area contributed by atoms with Gasteiger partial charge in [-0.1, -0.05) is 28.1 Å². The van der Waals surface area contributed by atoms with Gasteiger partial charge in [0.2, 0.25) is 11.8 Å². The van der Waals surface area contributed by atoms with Gasteiger partial charge in [0.25, 0.3) is 5.91 Å². The van der Waals surface area contributed by atoms with E-state index in [1.807, 2.05) is 12.2 Å². The van der Waals surface area contributed by atoms with Gasteiger partial charge in [0, 0.05) is 10.2 Å². The summed E-state index contributed by atoms with van der Waals surface area (Å²) in [4.78, 5) is 50.7. The molecule has 2 aromatic carbocycles.